The van der Waals surface area contributed by atoms with E-state index in [1.165, 1.54) is 32.1 Å². The van der Waals surface area contributed by atoms with E-state index in [1.54, 1.807) is 0 Å². The van der Waals surface area contributed by atoms with Crippen molar-refractivity contribution in [1.82, 2.24) is 0 Å². The number of hydrogen-bond acceptors (Lipinski definition) is 5. The van der Waals surface area contributed by atoms with Crippen LogP contribution in [0.25, 0.3) is 0 Å². The quantitative estimate of drug-likeness (QED) is 0.175. The normalized spacial score (nSPS) is 11.7. The Labute approximate surface area is 161 Å². The Hall–Kier alpha value is -0.143. The third kappa shape index (κ3) is 12.0. The molecule has 0 aliphatic heterocycles. The minimum absolute atomic E-state index is 0.107. The maximum Gasteiger partial charge on any atom is 0.501 e. The number of Topliss-reactive ketones (excluding diaryl/α,β-unsaturated/α-hetero) is 1. The van der Waals surface area contributed by atoms with E-state index in [9.17, 15) is 4.79 Å². The smallest absolute Gasteiger partial charge is 0.374 e. The van der Waals surface area contributed by atoms with Gasteiger partial charge < -0.3 is 13.3 Å². The van der Waals surface area contributed by atoms with Crippen LogP contribution in [0, 0.1) is 0 Å². The van der Waals surface area contributed by atoms with Crippen LogP contribution in [0.5, 0.6) is 0 Å². The highest BCUT2D eigenvalue weighted by Gasteiger charge is 2.40. The fourth-order valence-corrected chi connectivity index (χ4v) is 5.73. The lowest BCUT2D eigenvalue weighted by atomic mass is 10.1. The van der Waals surface area contributed by atoms with Crippen molar-refractivity contribution >= 4 is 31.7 Å². The van der Waals surface area contributed by atoms with Crippen molar-refractivity contribution in [3.05, 3.63) is 0 Å². The summed E-state index contributed by atoms with van der Waals surface area (Å²) in [6.45, 7) is 9.66. The molecule has 0 heterocycles. The van der Waals surface area contributed by atoms with Gasteiger partial charge in [-0.05, 0) is 33.6 Å². The molecule has 0 unspecified atom stereocenters. The molecule has 25 heavy (non-hydrogen) atoms. The van der Waals surface area contributed by atoms with Gasteiger partial charge in [-0.2, -0.15) is 0 Å². The molecule has 6 heteroatoms. The highest BCUT2D eigenvalue weighted by atomic mass is 32.1. The van der Waals surface area contributed by atoms with E-state index >= 15 is 0 Å². The summed E-state index contributed by atoms with van der Waals surface area (Å²) < 4.78 is 17.4. The molecular weight excluding hydrogens is 352 g/mol. The zero-order valence-electron chi connectivity index (χ0n) is 16.7. The Morgan fingerprint density at radius 1 is 0.760 bits per heavy atom. The zero-order chi connectivity index (χ0) is 19.0. The second-order valence-electron chi connectivity index (χ2n) is 6.20. The molecular formula is C19H38O4SSi. The molecule has 0 aromatic rings. The summed E-state index contributed by atoms with van der Waals surface area (Å²) in [7, 11) is -2.70. The van der Waals surface area contributed by atoms with Crippen LogP contribution < -0.4 is 0 Å². The lowest BCUT2D eigenvalue weighted by molar-refractivity contribution is -0.113. The molecule has 0 saturated heterocycles. The molecule has 0 aliphatic rings. The highest BCUT2D eigenvalue weighted by molar-refractivity contribution is 7.82. The first-order valence-corrected chi connectivity index (χ1v) is 12.4. The van der Waals surface area contributed by atoms with E-state index < -0.39 is 8.80 Å². The van der Waals surface area contributed by atoms with Crippen molar-refractivity contribution in [1.29, 1.82) is 0 Å². The molecule has 0 spiro atoms. The molecule has 0 aromatic heterocycles. The molecule has 0 radical (unpaired) electrons. The number of rotatable bonds is 18. The van der Waals surface area contributed by atoms with E-state index in [0.29, 0.717) is 43.6 Å². The maximum absolute atomic E-state index is 12.2. The molecule has 4 nitrogen and oxygen atoms in total. The summed E-state index contributed by atoms with van der Waals surface area (Å²) in [6.07, 6.45) is 9.53. The van der Waals surface area contributed by atoms with Crippen LogP contribution in [0.15, 0.2) is 0 Å². The van der Waals surface area contributed by atoms with Gasteiger partial charge in [-0.25, -0.2) is 0 Å². The minimum Gasteiger partial charge on any atom is -0.374 e. The van der Waals surface area contributed by atoms with Gasteiger partial charge in [-0.3, -0.25) is 4.79 Å². The van der Waals surface area contributed by atoms with Gasteiger partial charge in [0.1, 0.15) is 0 Å². The van der Waals surface area contributed by atoms with E-state index in [4.69, 9.17) is 25.5 Å². The van der Waals surface area contributed by atoms with Crippen molar-refractivity contribution < 1.29 is 18.1 Å². The van der Waals surface area contributed by atoms with Crippen LogP contribution in [-0.4, -0.2) is 39.3 Å². The van der Waals surface area contributed by atoms with Crippen LogP contribution in [0.2, 0.25) is 6.04 Å². The standard InChI is InChI=1S/C19H38O4SSi/c1-5-9-10-11-12-13-14-15-18(20)19(24)16-17-25(21-6-2,22-7-3)23-8-4/h5-17H2,1-4H3. The summed E-state index contributed by atoms with van der Waals surface area (Å²) in [4.78, 5) is 12.7. The van der Waals surface area contributed by atoms with E-state index in [-0.39, 0.29) is 5.78 Å². The van der Waals surface area contributed by atoms with Gasteiger partial charge in [-0.1, -0.05) is 57.7 Å². The average Bonchev–Trinajstić information content (AvgIpc) is 2.59. The van der Waals surface area contributed by atoms with Gasteiger partial charge in [0, 0.05) is 32.3 Å². The summed E-state index contributed by atoms with van der Waals surface area (Å²) in [6, 6.07) is 0.587. The molecule has 0 atom stereocenters. The lowest BCUT2D eigenvalue weighted by Gasteiger charge is -2.28. The number of carbonyl (C=O) groups is 1. The summed E-state index contributed by atoms with van der Waals surface area (Å²) in [5.41, 5.74) is 0. The number of carbonyl (C=O) groups excluding carboxylic acids is 1. The average molecular weight is 391 g/mol. The molecule has 0 saturated carbocycles. The third-order valence-corrected chi connectivity index (χ3v) is 7.55. The topological polar surface area (TPSA) is 44.8 Å². The SMILES string of the molecule is CCCCCCCCCC(=O)C(=S)CC[Si](OCC)(OCC)OCC. The zero-order valence-corrected chi connectivity index (χ0v) is 18.6. The first-order chi connectivity index (χ1) is 12.0. The van der Waals surface area contributed by atoms with Crippen LogP contribution in [0.1, 0.15) is 85.5 Å². The number of unbranched alkanes of at least 4 members (excludes halogenated alkanes) is 6. The second-order valence-corrected chi connectivity index (χ2v) is 9.42. The van der Waals surface area contributed by atoms with Crippen molar-refractivity contribution in [2.45, 2.75) is 91.5 Å². The van der Waals surface area contributed by atoms with Crippen molar-refractivity contribution in [3.8, 4) is 0 Å². The predicted octanol–water partition coefficient (Wildman–Crippen LogP) is 5.50. The van der Waals surface area contributed by atoms with Crippen LogP contribution in [-0.2, 0) is 18.1 Å². The third-order valence-electron chi connectivity index (χ3n) is 4.07. The van der Waals surface area contributed by atoms with E-state index in [1.807, 2.05) is 20.8 Å². The first kappa shape index (κ1) is 24.9. The van der Waals surface area contributed by atoms with Crippen LogP contribution in [0.4, 0.5) is 0 Å². The molecule has 0 amide bonds. The number of hydrogen-bond donors (Lipinski definition) is 0. The van der Waals surface area contributed by atoms with Crippen molar-refractivity contribution in [3.63, 3.8) is 0 Å². The Morgan fingerprint density at radius 2 is 1.24 bits per heavy atom. The first-order valence-electron chi connectivity index (χ1n) is 10.0. The Bertz CT molecular complexity index is 346. The van der Waals surface area contributed by atoms with E-state index in [2.05, 4.69) is 6.92 Å². The van der Waals surface area contributed by atoms with Crippen LogP contribution in [0.3, 0.4) is 0 Å². The monoisotopic (exact) mass is 390 g/mol. The Morgan fingerprint density at radius 3 is 1.72 bits per heavy atom. The Kier molecular flexibility index (Phi) is 16.0. The highest BCUT2D eigenvalue weighted by Crippen LogP contribution is 2.19. The maximum atomic E-state index is 12.2. The minimum atomic E-state index is -2.70. The fourth-order valence-electron chi connectivity index (χ4n) is 2.79. The Balaban J connectivity index is 4.16. The lowest BCUT2D eigenvalue weighted by Crippen LogP contribution is -2.46. The summed E-state index contributed by atoms with van der Waals surface area (Å²) in [5, 5.41) is 0. The number of thiocarbonyl (C=S) groups is 1. The molecule has 148 valence electrons. The number of ketones is 1. The molecule has 0 fully saturated rings. The summed E-state index contributed by atoms with van der Waals surface area (Å²) in [5.74, 6) is 0.107. The predicted molar refractivity (Wildman–Crippen MR) is 110 cm³/mol. The summed E-state index contributed by atoms with van der Waals surface area (Å²) >= 11 is 5.34. The van der Waals surface area contributed by atoms with E-state index in [0.717, 1.165) is 12.8 Å². The van der Waals surface area contributed by atoms with Gasteiger partial charge >= 0.3 is 8.80 Å². The van der Waals surface area contributed by atoms with Gasteiger partial charge in [0.15, 0.2) is 5.78 Å². The molecule has 0 bridgehead atoms. The largest absolute Gasteiger partial charge is 0.501 e. The van der Waals surface area contributed by atoms with Gasteiger partial charge in [0.25, 0.3) is 0 Å². The molecule has 0 N–H and O–H groups in total. The van der Waals surface area contributed by atoms with Crippen LogP contribution >= 0.6 is 12.2 Å². The molecule has 0 aliphatic carbocycles. The molecule has 0 rings (SSSR count). The molecule has 0 aromatic carbocycles. The van der Waals surface area contributed by atoms with Gasteiger partial charge in [0.2, 0.25) is 0 Å². The van der Waals surface area contributed by atoms with Gasteiger partial charge in [-0.15, -0.1) is 0 Å². The van der Waals surface area contributed by atoms with Gasteiger partial charge in [0.05, 0.1) is 4.86 Å². The second kappa shape index (κ2) is 16.1. The fraction of sp³-hybridized carbons (Fsp3) is 0.895. The van der Waals surface area contributed by atoms with Crippen molar-refractivity contribution in [2.75, 3.05) is 19.8 Å². The van der Waals surface area contributed by atoms with Crippen molar-refractivity contribution in [2.24, 2.45) is 0 Å².